The second-order valence-electron chi connectivity index (χ2n) is 7.70. The zero-order valence-corrected chi connectivity index (χ0v) is 19.0. The van der Waals surface area contributed by atoms with Gasteiger partial charge in [0.25, 0.3) is 5.91 Å². The van der Waals surface area contributed by atoms with Crippen molar-refractivity contribution >= 4 is 45.7 Å². The Bertz CT molecular complexity index is 1550. The number of anilines is 3. The van der Waals surface area contributed by atoms with Gasteiger partial charge >= 0.3 is 6.18 Å². The maximum atomic E-state index is 13.1. The molecule has 0 atom stereocenters. The first kappa shape index (κ1) is 23.3. The summed E-state index contributed by atoms with van der Waals surface area (Å²) in [7, 11) is 0. The minimum absolute atomic E-state index is 0.0160. The van der Waals surface area contributed by atoms with Gasteiger partial charge in [-0.15, -0.1) is 0 Å². The van der Waals surface area contributed by atoms with Gasteiger partial charge in [-0.3, -0.25) is 4.79 Å². The van der Waals surface area contributed by atoms with Crippen molar-refractivity contribution in [3.8, 4) is 5.69 Å². The number of alkyl halides is 3. The van der Waals surface area contributed by atoms with E-state index in [-0.39, 0.29) is 11.3 Å². The molecule has 0 bridgehead atoms. The van der Waals surface area contributed by atoms with Crippen LogP contribution in [0.1, 0.15) is 15.9 Å². The summed E-state index contributed by atoms with van der Waals surface area (Å²) in [6.07, 6.45) is -1.54. The van der Waals surface area contributed by atoms with Gasteiger partial charge in [-0.05, 0) is 54.6 Å². The van der Waals surface area contributed by atoms with Crippen molar-refractivity contribution in [2.75, 3.05) is 10.6 Å². The first-order chi connectivity index (χ1) is 17.3. The van der Waals surface area contributed by atoms with Crippen LogP contribution in [0, 0.1) is 0 Å². The van der Waals surface area contributed by atoms with Crippen molar-refractivity contribution in [3.63, 3.8) is 0 Å². The summed E-state index contributed by atoms with van der Waals surface area (Å²) in [4.78, 5) is 21.2. The van der Waals surface area contributed by atoms with Crippen LogP contribution in [0.4, 0.5) is 30.4 Å². The number of carbonyl (C=O) groups is 1. The van der Waals surface area contributed by atoms with E-state index in [0.29, 0.717) is 22.5 Å². The summed E-state index contributed by atoms with van der Waals surface area (Å²) in [6.45, 7) is 0. The Morgan fingerprint density at radius 1 is 0.917 bits per heavy atom. The molecule has 5 rings (SSSR count). The molecule has 0 aliphatic rings. The third kappa shape index (κ3) is 4.71. The molecule has 5 aromatic rings. The van der Waals surface area contributed by atoms with Gasteiger partial charge in [0, 0.05) is 16.9 Å². The summed E-state index contributed by atoms with van der Waals surface area (Å²) in [6, 6.07) is 19.2. The van der Waals surface area contributed by atoms with E-state index in [1.54, 1.807) is 35.1 Å². The standard InChI is InChI=1S/C25H16ClF3N6O/c26-21-11-10-17(12-20(21)25(27,28)29)34-24(36)15-6-8-16(9-7-15)33-22-19-13-32-35(23(19)31-14-30-22)18-4-2-1-3-5-18/h1-14H,(H,34,36)(H,30,31,33). The molecule has 3 aromatic carbocycles. The van der Waals surface area contributed by atoms with E-state index in [1.807, 2.05) is 30.3 Å². The zero-order chi connectivity index (χ0) is 25.3. The largest absolute Gasteiger partial charge is 0.417 e. The lowest BCUT2D eigenvalue weighted by molar-refractivity contribution is -0.137. The van der Waals surface area contributed by atoms with E-state index in [0.717, 1.165) is 17.8 Å². The molecule has 0 saturated carbocycles. The smallest absolute Gasteiger partial charge is 0.340 e. The molecule has 2 N–H and O–H groups in total. The number of nitrogens with one attached hydrogen (secondary N) is 2. The molecule has 2 aromatic heterocycles. The van der Waals surface area contributed by atoms with Crippen molar-refractivity contribution in [1.29, 1.82) is 0 Å². The molecule has 11 heteroatoms. The monoisotopic (exact) mass is 508 g/mol. The normalized spacial score (nSPS) is 11.4. The number of aromatic nitrogens is 4. The van der Waals surface area contributed by atoms with Crippen LogP contribution >= 0.6 is 11.6 Å². The van der Waals surface area contributed by atoms with E-state index in [4.69, 9.17) is 11.6 Å². The fraction of sp³-hybridized carbons (Fsp3) is 0.0400. The van der Waals surface area contributed by atoms with Crippen LogP contribution in [0.5, 0.6) is 0 Å². The summed E-state index contributed by atoms with van der Waals surface area (Å²) in [5.74, 6) is -0.0363. The molecule has 0 fully saturated rings. The molecule has 7 nitrogen and oxygen atoms in total. The number of amides is 1. The van der Waals surface area contributed by atoms with Crippen molar-refractivity contribution in [2.24, 2.45) is 0 Å². The lowest BCUT2D eigenvalue weighted by Crippen LogP contribution is -2.13. The third-order valence-corrected chi connectivity index (χ3v) is 5.64. The first-order valence-electron chi connectivity index (χ1n) is 10.6. The fourth-order valence-electron chi connectivity index (χ4n) is 3.57. The highest BCUT2D eigenvalue weighted by Gasteiger charge is 2.33. The van der Waals surface area contributed by atoms with Gasteiger partial charge in [-0.1, -0.05) is 29.8 Å². The van der Waals surface area contributed by atoms with Crippen molar-refractivity contribution in [1.82, 2.24) is 19.7 Å². The van der Waals surface area contributed by atoms with E-state index < -0.39 is 22.7 Å². The SMILES string of the molecule is O=C(Nc1ccc(Cl)c(C(F)(F)F)c1)c1ccc(Nc2ncnc3c2cnn3-c2ccccc2)cc1. The van der Waals surface area contributed by atoms with E-state index in [2.05, 4.69) is 25.7 Å². The Kier molecular flexibility index (Phi) is 6.03. The minimum Gasteiger partial charge on any atom is -0.340 e. The number of rotatable bonds is 5. The topological polar surface area (TPSA) is 84.7 Å². The molecule has 0 aliphatic carbocycles. The van der Waals surface area contributed by atoms with Crippen LogP contribution < -0.4 is 10.6 Å². The minimum atomic E-state index is -4.63. The lowest BCUT2D eigenvalue weighted by Gasteiger charge is -2.12. The molecular weight excluding hydrogens is 493 g/mol. The Labute approximate surface area is 207 Å². The summed E-state index contributed by atoms with van der Waals surface area (Å²) >= 11 is 5.63. The van der Waals surface area contributed by atoms with Gasteiger partial charge in [-0.2, -0.15) is 18.3 Å². The second-order valence-corrected chi connectivity index (χ2v) is 8.11. The van der Waals surface area contributed by atoms with E-state index in [1.165, 1.54) is 12.4 Å². The van der Waals surface area contributed by atoms with Crippen LogP contribution in [0.3, 0.4) is 0 Å². The molecule has 180 valence electrons. The number of benzene rings is 3. The number of carbonyl (C=O) groups excluding carboxylic acids is 1. The average Bonchev–Trinajstić information content (AvgIpc) is 3.31. The highest BCUT2D eigenvalue weighted by atomic mass is 35.5. The van der Waals surface area contributed by atoms with Gasteiger partial charge in [0.15, 0.2) is 5.65 Å². The molecule has 0 aliphatic heterocycles. The predicted octanol–water partition coefficient (Wildman–Crippen LogP) is 6.48. The quantitative estimate of drug-likeness (QED) is 0.284. The van der Waals surface area contributed by atoms with Crippen molar-refractivity contribution in [2.45, 2.75) is 6.18 Å². The Morgan fingerprint density at radius 3 is 2.36 bits per heavy atom. The number of halogens is 4. The highest BCUT2D eigenvalue weighted by molar-refractivity contribution is 6.31. The van der Waals surface area contributed by atoms with Crippen LogP contribution in [0.25, 0.3) is 16.7 Å². The number of hydrogen-bond acceptors (Lipinski definition) is 5. The van der Waals surface area contributed by atoms with Gasteiger partial charge < -0.3 is 10.6 Å². The van der Waals surface area contributed by atoms with Crippen LogP contribution in [-0.2, 0) is 6.18 Å². The highest BCUT2D eigenvalue weighted by Crippen LogP contribution is 2.36. The molecule has 0 spiro atoms. The maximum Gasteiger partial charge on any atom is 0.417 e. The van der Waals surface area contributed by atoms with Gasteiger partial charge in [-0.25, -0.2) is 14.6 Å². The number of nitrogens with zero attached hydrogens (tertiary/aromatic N) is 4. The Hall–Kier alpha value is -4.44. The Balaban J connectivity index is 1.33. The van der Waals surface area contributed by atoms with Crippen molar-refractivity contribution < 1.29 is 18.0 Å². The van der Waals surface area contributed by atoms with Crippen LogP contribution in [-0.4, -0.2) is 25.7 Å². The van der Waals surface area contributed by atoms with Gasteiger partial charge in [0.2, 0.25) is 0 Å². The molecule has 1 amide bonds. The number of para-hydroxylation sites is 1. The van der Waals surface area contributed by atoms with E-state index >= 15 is 0 Å². The van der Waals surface area contributed by atoms with Crippen molar-refractivity contribution in [3.05, 3.63) is 101 Å². The molecule has 2 heterocycles. The molecule has 0 radical (unpaired) electrons. The third-order valence-electron chi connectivity index (χ3n) is 5.31. The average molecular weight is 509 g/mol. The fourth-order valence-corrected chi connectivity index (χ4v) is 3.79. The van der Waals surface area contributed by atoms with E-state index in [9.17, 15) is 18.0 Å². The first-order valence-corrected chi connectivity index (χ1v) is 11.0. The Morgan fingerprint density at radius 2 is 1.64 bits per heavy atom. The lowest BCUT2D eigenvalue weighted by atomic mass is 10.1. The second kappa shape index (κ2) is 9.31. The summed E-state index contributed by atoms with van der Waals surface area (Å²) in [5.41, 5.74) is 1.34. The molecular formula is C25H16ClF3N6O. The van der Waals surface area contributed by atoms with Gasteiger partial charge in [0.05, 0.1) is 27.9 Å². The number of fused-ring (bicyclic) bond motifs is 1. The predicted molar refractivity (Wildman–Crippen MR) is 131 cm³/mol. The summed E-state index contributed by atoms with van der Waals surface area (Å²) < 4.78 is 40.9. The summed E-state index contributed by atoms with van der Waals surface area (Å²) in [5, 5.41) is 10.3. The van der Waals surface area contributed by atoms with Crippen LogP contribution in [0.15, 0.2) is 85.3 Å². The number of hydrogen-bond donors (Lipinski definition) is 2. The zero-order valence-electron chi connectivity index (χ0n) is 18.3. The van der Waals surface area contributed by atoms with Crippen LogP contribution in [0.2, 0.25) is 5.02 Å². The maximum absolute atomic E-state index is 13.1. The molecule has 0 saturated heterocycles. The molecule has 0 unspecified atom stereocenters. The molecule has 36 heavy (non-hydrogen) atoms. The van der Waals surface area contributed by atoms with Gasteiger partial charge in [0.1, 0.15) is 12.1 Å².